The molecule has 2 aromatic carbocycles. The quantitative estimate of drug-likeness (QED) is 0.618. The summed E-state index contributed by atoms with van der Waals surface area (Å²) < 4.78 is 0. The minimum Gasteiger partial charge on any atom is -0.325 e. The van der Waals surface area contributed by atoms with Gasteiger partial charge >= 0.3 is 0 Å². The number of hydrogen-bond donors (Lipinski definition) is 2. The number of nitrogens with zero attached hydrogens (tertiary/aromatic N) is 3. The molecule has 9 heteroatoms. The van der Waals surface area contributed by atoms with Crippen molar-refractivity contribution in [2.24, 2.45) is 5.92 Å². The highest BCUT2D eigenvalue weighted by atomic mass is 32.1. The minimum atomic E-state index is -0.501. The largest absolute Gasteiger partial charge is 0.325 e. The molecule has 0 saturated carbocycles. The van der Waals surface area contributed by atoms with Crippen molar-refractivity contribution in [1.29, 1.82) is 0 Å². The summed E-state index contributed by atoms with van der Waals surface area (Å²) in [5.74, 6) is -1.28. The number of hydrogen-bond acceptors (Lipinski definition) is 6. The van der Waals surface area contributed by atoms with E-state index in [9.17, 15) is 14.4 Å². The van der Waals surface area contributed by atoms with Crippen LogP contribution in [0.25, 0.3) is 0 Å². The number of aryl methyl sites for hydroxylation is 1. The predicted octanol–water partition coefficient (Wildman–Crippen LogP) is 3.34. The number of carbonyl (C=O) groups excluding carboxylic acids is 3. The summed E-state index contributed by atoms with van der Waals surface area (Å²) >= 11 is 1.31. The topological polar surface area (TPSA) is 104 Å². The third-order valence-corrected chi connectivity index (χ3v) is 5.97. The van der Waals surface area contributed by atoms with Gasteiger partial charge < -0.3 is 10.2 Å². The van der Waals surface area contributed by atoms with Crippen LogP contribution in [0.5, 0.6) is 0 Å². The molecule has 1 saturated heterocycles. The highest BCUT2D eigenvalue weighted by Crippen LogP contribution is 2.27. The van der Waals surface area contributed by atoms with Crippen LogP contribution in [0.1, 0.15) is 28.7 Å². The first-order chi connectivity index (χ1) is 15.0. The molecule has 158 valence electrons. The average molecular weight is 436 g/mol. The van der Waals surface area contributed by atoms with Crippen molar-refractivity contribution in [3.05, 3.63) is 65.2 Å². The first-order valence-corrected chi connectivity index (χ1v) is 10.8. The Balaban J connectivity index is 1.45. The van der Waals surface area contributed by atoms with E-state index in [0.717, 1.165) is 17.1 Å². The fourth-order valence-electron chi connectivity index (χ4n) is 3.38. The molecule has 0 radical (unpaired) electrons. The highest BCUT2D eigenvalue weighted by Gasteiger charge is 2.35. The predicted molar refractivity (Wildman–Crippen MR) is 119 cm³/mol. The summed E-state index contributed by atoms with van der Waals surface area (Å²) in [6, 6.07) is 16.0. The van der Waals surface area contributed by atoms with Gasteiger partial charge in [-0.3, -0.25) is 19.7 Å². The Kier molecular flexibility index (Phi) is 6.03. The molecule has 3 aromatic rings. The zero-order valence-corrected chi connectivity index (χ0v) is 17.7. The Morgan fingerprint density at radius 2 is 1.81 bits per heavy atom. The van der Waals surface area contributed by atoms with Crippen molar-refractivity contribution < 1.29 is 14.4 Å². The molecule has 8 nitrogen and oxygen atoms in total. The lowest BCUT2D eigenvalue weighted by atomic mass is 10.1. The molecule has 2 heterocycles. The Morgan fingerprint density at radius 3 is 2.55 bits per heavy atom. The molecule has 2 N–H and O–H groups in total. The van der Waals surface area contributed by atoms with Gasteiger partial charge in [-0.05, 0) is 30.7 Å². The molecule has 0 aliphatic carbocycles. The summed E-state index contributed by atoms with van der Waals surface area (Å²) in [6.45, 7) is 2.26. The Hall–Kier alpha value is -3.59. The maximum absolute atomic E-state index is 12.9. The van der Waals surface area contributed by atoms with E-state index in [0.29, 0.717) is 22.9 Å². The molecule has 3 amide bonds. The molecule has 1 atom stereocenters. The molecule has 31 heavy (non-hydrogen) atoms. The van der Waals surface area contributed by atoms with Crippen molar-refractivity contribution >= 4 is 45.6 Å². The maximum atomic E-state index is 12.9. The van der Waals surface area contributed by atoms with E-state index in [4.69, 9.17) is 0 Å². The first-order valence-electron chi connectivity index (χ1n) is 9.94. The van der Waals surface area contributed by atoms with Crippen molar-refractivity contribution in [1.82, 2.24) is 10.2 Å². The molecule has 1 aliphatic rings. The number of anilines is 3. The lowest BCUT2D eigenvalue weighted by Gasteiger charge is -2.17. The van der Waals surface area contributed by atoms with E-state index in [1.807, 2.05) is 37.3 Å². The van der Waals surface area contributed by atoms with E-state index >= 15 is 0 Å². The summed E-state index contributed by atoms with van der Waals surface area (Å²) in [6.07, 6.45) is 0.861. The standard InChI is InChI=1S/C22H21N5O3S/c1-2-18-25-26-22(31-18)24-21(30)16-10-6-7-11-17(16)23-20(29)14-12-19(28)27(13-14)15-8-4-3-5-9-15/h3-11,14H,2,12-13H2,1H3,(H,23,29)(H,24,26,30). The van der Waals surface area contributed by atoms with Gasteiger partial charge in [0.2, 0.25) is 16.9 Å². The lowest BCUT2D eigenvalue weighted by molar-refractivity contribution is -0.122. The van der Waals surface area contributed by atoms with Crippen LogP contribution in [0.4, 0.5) is 16.5 Å². The molecule has 1 aliphatic heterocycles. The number of nitrogens with one attached hydrogen (secondary N) is 2. The van der Waals surface area contributed by atoms with E-state index in [1.54, 1.807) is 29.2 Å². The third-order valence-electron chi connectivity index (χ3n) is 4.98. The van der Waals surface area contributed by atoms with Gasteiger partial charge in [-0.2, -0.15) is 0 Å². The summed E-state index contributed by atoms with van der Waals surface area (Å²) in [7, 11) is 0. The summed E-state index contributed by atoms with van der Waals surface area (Å²) in [5, 5.41) is 14.7. The summed E-state index contributed by atoms with van der Waals surface area (Å²) in [4.78, 5) is 39.6. The zero-order chi connectivity index (χ0) is 21.8. The number of amides is 3. The lowest BCUT2D eigenvalue weighted by Crippen LogP contribution is -2.28. The van der Waals surface area contributed by atoms with Gasteiger partial charge in [0.1, 0.15) is 5.01 Å². The van der Waals surface area contributed by atoms with Gasteiger partial charge in [-0.1, -0.05) is 48.6 Å². The highest BCUT2D eigenvalue weighted by molar-refractivity contribution is 7.15. The second kappa shape index (κ2) is 9.05. The van der Waals surface area contributed by atoms with Crippen molar-refractivity contribution in [2.75, 3.05) is 22.1 Å². The van der Waals surface area contributed by atoms with Crippen LogP contribution in [0.2, 0.25) is 0 Å². The van der Waals surface area contributed by atoms with Crippen LogP contribution in [0.3, 0.4) is 0 Å². The van der Waals surface area contributed by atoms with Crippen LogP contribution < -0.4 is 15.5 Å². The van der Waals surface area contributed by atoms with E-state index in [2.05, 4.69) is 20.8 Å². The zero-order valence-electron chi connectivity index (χ0n) is 16.9. The van der Waals surface area contributed by atoms with Gasteiger partial charge in [0.05, 0.1) is 17.2 Å². The van der Waals surface area contributed by atoms with Crippen molar-refractivity contribution in [3.63, 3.8) is 0 Å². The van der Waals surface area contributed by atoms with Gasteiger partial charge in [-0.25, -0.2) is 0 Å². The van der Waals surface area contributed by atoms with Crippen LogP contribution in [0, 0.1) is 5.92 Å². The molecular weight excluding hydrogens is 414 g/mol. The van der Waals surface area contributed by atoms with Crippen molar-refractivity contribution in [3.8, 4) is 0 Å². The second-order valence-electron chi connectivity index (χ2n) is 7.08. The molecule has 0 spiro atoms. The number of para-hydroxylation sites is 2. The van der Waals surface area contributed by atoms with E-state index in [1.165, 1.54) is 11.3 Å². The first kappa shape index (κ1) is 20.7. The van der Waals surface area contributed by atoms with E-state index in [-0.39, 0.29) is 24.1 Å². The SMILES string of the molecule is CCc1nnc(NC(=O)c2ccccc2NC(=O)C2CC(=O)N(c3ccccc3)C2)s1. The van der Waals surface area contributed by atoms with Gasteiger partial charge in [-0.15, -0.1) is 10.2 Å². The minimum absolute atomic E-state index is 0.0969. The Morgan fingerprint density at radius 1 is 1.06 bits per heavy atom. The molecule has 0 bridgehead atoms. The monoisotopic (exact) mass is 435 g/mol. The molecule has 1 unspecified atom stereocenters. The number of benzene rings is 2. The molecule has 1 aromatic heterocycles. The number of carbonyl (C=O) groups is 3. The van der Waals surface area contributed by atoms with E-state index < -0.39 is 5.92 Å². The fourth-order valence-corrected chi connectivity index (χ4v) is 4.05. The molecular formula is C22H21N5O3S. The molecule has 1 fully saturated rings. The second-order valence-corrected chi connectivity index (χ2v) is 8.15. The van der Waals surface area contributed by atoms with Gasteiger partial charge in [0, 0.05) is 18.7 Å². The Labute approximate surface area is 183 Å². The fraction of sp³-hybridized carbons (Fsp3) is 0.227. The Bertz CT molecular complexity index is 1120. The number of rotatable bonds is 6. The van der Waals surface area contributed by atoms with Crippen LogP contribution in [-0.4, -0.2) is 34.5 Å². The smallest absolute Gasteiger partial charge is 0.259 e. The number of aromatic nitrogens is 2. The normalized spacial score (nSPS) is 15.7. The van der Waals surface area contributed by atoms with Crippen LogP contribution >= 0.6 is 11.3 Å². The summed E-state index contributed by atoms with van der Waals surface area (Å²) in [5.41, 5.74) is 1.47. The van der Waals surface area contributed by atoms with Gasteiger partial charge in [0.25, 0.3) is 5.91 Å². The van der Waals surface area contributed by atoms with Crippen LogP contribution in [0.15, 0.2) is 54.6 Å². The maximum Gasteiger partial charge on any atom is 0.259 e. The third kappa shape index (κ3) is 4.61. The average Bonchev–Trinajstić information content (AvgIpc) is 3.41. The molecule has 4 rings (SSSR count). The van der Waals surface area contributed by atoms with Gasteiger partial charge in [0.15, 0.2) is 0 Å². The van der Waals surface area contributed by atoms with Crippen LogP contribution in [-0.2, 0) is 16.0 Å². The van der Waals surface area contributed by atoms with Crippen molar-refractivity contribution in [2.45, 2.75) is 19.8 Å².